The molecule has 0 bridgehead atoms. The minimum Gasteiger partial charge on any atom is -0.406 e. The van der Waals surface area contributed by atoms with E-state index in [-0.39, 0.29) is 29.9 Å². The van der Waals surface area contributed by atoms with Crippen LogP contribution >= 0.6 is 0 Å². The maximum atomic E-state index is 12.7. The second kappa shape index (κ2) is 10.1. The van der Waals surface area contributed by atoms with Gasteiger partial charge in [0.05, 0.1) is 12.0 Å². The Bertz CT molecular complexity index is 1290. The number of hydrogen-bond donors (Lipinski definition) is 2. The molecule has 2 N–H and O–H groups in total. The monoisotopic (exact) mass is 523 g/mol. The highest BCUT2D eigenvalue weighted by molar-refractivity contribution is 5.95. The Labute approximate surface area is 206 Å². The number of alkyl halides is 6. The summed E-state index contributed by atoms with van der Waals surface area (Å²) in [5.41, 5.74) is 0.388. The predicted octanol–water partition coefficient (Wildman–Crippen LogP) is 6.20. The number of nitrogens with zero attached hydrogens (tertiary/aromatic N) is 1. The Balaban J connectivity index is 1.54. The molecule has 1 aromatic heterocycles. The fourth-order valence-corrected chi connectivity index (χ4v) is 3.43. The van der Waals surface area contributed by atoms with Crippen molar-refractivity contribution in [3.63, 3.8) is 0 Å². The highest BCUT2D eigenvalue weighted by Crippen LogP contribution is 2.32. The quantitative estimate of drug-likeness (QED) is 0.362. The van der Waals surface area contributed by atoms with Crippen molar-refractivity contribution in [2.75, 3.05) is 10.6 Å². The van der Waals surface area contributed by atoms with Gasteiger partial charge in [-0.2, -0.15) is 13.2 Å². The normalized spacial score (nSPS) is 13.7. The van der Waals surface area contributed by atoms with Crippen LogP contribution in [0.25, 0.3) is 11.1 Å². The molecular weight excluding hydrogens is 504 g/mol. The van der Waals surface area contributed by atoms with Crippen LogP contribution in [0.1, 0.15) is 24.0 Å². The summed E-state index contributed by atoms with van der Waals surface area (Å²) in [6, 6.07) is 12.1. The molecule has 1 aliphatic rings. The van der Waals surface area contributed by atoms with Crippen LogP contribution in [-0.4, -0.2) is 23.2 Å². The van der Waals surface area contributed by atoms with E-state index < -0.39 is 29.8 Å². The fraction of sp³-hybridized carbons (Fsp3) is 0.240. The summed E-state index contributed by atoms with van der Waals surface area (Å²) in [6.45, 7) is 0. The van der Waals surface area contributed by atoms with Crippen molar-refractivity contribution in [3.8, 4) is 16.9 Å². The summed E-state index contributed by atoms with van der Waals surface area (Å²) in [7, 11) is 0. The third kappa shape index (κ3) is 7.45. The molecule has 1 aliphatic carbocycles. The first-order valence-electron chi connectivity index (χ1n) is 11.0. The second-order valence-electron chi connectivity index (χ2n) is 8.38. The smallest absolute Gasteiger partial charge is 0.406 e. The van der Waals surface area contributed by atoms with Crippen LogP contribution in [0.4, 0.5) is 38.0 Å². The van der Waals surface area contributed by atoms with Gasteiger partial charge in [-0.05, 0) is 65.9 Å². The minimum atomic E-state index is -4.84. The predicted molar refractivity (Wildman–Crippen MR) is 121 cm³/mol. The van der Waals surface area contributed by atoms with Crippen LogP contribution in [0.5, 0.6) is 5.75 Å². The first-order chi connectivity index (χ1) is 17.4. The van der Waals surface area contributed by atoms with E-state index in [1.807, 2.05) is 0 Å². The van der Waals surface area contributed by atoms with Gasteiger partial charge in [-0.15, -0.1) is 13.2 Å². The first-order valence-corrected chi connectivity index (χ1v) is 11.0. The summed E-state index contributed by atoms with van der Waals surface area (Å²) < 4.78 is 79.5. The summed E-state index contributed by atoms with van der Waals surface area (Å²) in [5, 5.41) is 5.21. The molecule has 1 saturated carbocycles. The molecule has 12 heteroatoms. The van der Waals surface area contributed by atoms with E-state index in [2.05, 4.69) is 20.4 Å². The Morgan fingerprint density at radius 1 is 0.838 bits per heavy atom. The number of anilines is 2. The molecule has 6 nitrogen and oxygen atoms in total. The summed E-state index contributed by atoms with van der Waals surface area (Å²) in [6.07, 6.45) is -8.10. The SMILES string of the molecule is O=C(Cc1ccc(C(F)(F)F)cc1)Nc1cc(-c2ccc(OC(F)(F)F)cc2)cc(NC(=O)C2CC2)n1. The molecule has 0 unspecified atom stereocenters. The van der Waals surface area contributed by atoms with Crippen molar-refractivity contribution in [1.29, 1.82) is 0 Å². The van der Waals surface area contributed by atoms with Crippen molar-refractivity contribution in [2.45, 2.75) is 31.8 Å². The molecule has 0 radical (unpaired) electrons. The Hall–Kier alpha value is -4.09. The lowest BCUT2D eigenvalue weighted by Gasteiger charge is -2.13. The van der Waals surface area contributed by atoms with Gasteiger partial charge in [-0.3, -0.25) is 9.59 Å². The molecular formula is C25H19F6N3O3. The summed E-state index contributed by atoms with van der Waals surface area (Å²) >= 11 is 0. The number of aromatic nitrogens is 1. The van der Waals surface area contributed by atoms with Crippen molar-refractivity contribution in [3.05, 3.63) is 71.8 Å². The topological polar surface area (TPSA) is 80.3 Å². The molecule has 194 valence electrons. The third-order valence-corrected chi connectivity index (χ3v) is 5.36. The van der Waals surface area contributed by atoms with E-state index in [0.29, 0.717) is 16.7 Å². The average Bonchev–Trinajstić information content (AvgIpc) is 3.64. The molecule has 0 saturated heterocycles. The minimum absolute atomic E-state index is 0.0381. The van der Waals surface area contributed by atoms with Crippen LogP contribution in [0.3, 0.4) is 0 Å². The Morgan fingerprint density at radius 2 is 1.43 bits per heavy atom. The second-order valence-corrected chi connectivity index (χ2v) is 8.38. The summed E-state index contributed by atoms with van der Waals surface area (Å²) in [5.74, 6) is -1.22. The van der Waals surface area contributed by atoms with Crippen LogP contribution in [0.2, 0.25) is 0 Å². The van der Waals surface area contributed by atoms with Gasteiger partial charge in [0.25, 0.3) is 0 Å². The van der Waals surface area contributed by atoms with E-state index >= 15 is 0 Å². The number of amides is 2. The zero-order chi connectivity index (χ0) is 26.8. The van der Waals surface area contributed by atoms with Crippen LogP contribution < -0.4 is 15.4 Å². The van der Waals surface area contributed by atoms with Gasteiger partial charge in [-0.25, -0.2) is 4.98 Å². The van der Waals surface area contributed by atoms with E-state index in [9.17, 15) is 35.9 Å². The van der Waals surface area contributed by atoms with Crippen molar-refractivity contribution in [2.24, 2.45) is 5.92 Å². The van der Waals surface area contributed by atoms with Crippen LogP contribution in [0, 0.1) is 5.92 Å². The molecule has 2 aromatic carbocycles. The number of ether oxygens (including phenoxy) is 1. The largest absolute Gasteiger partial charge is 0.573 e. The molecule has 3 aromatic rings. The maximum Gasteiger partial charge on any atom is 0.573 e. The number of hydrogen-bond acceptors (Lipinski definition) is 4. The zero-order valence-electron chi connectivity index (χ0n) is 18.9. The Morgan fingerprint density at radius 3 is 1.97 bits per heavy atom. The molecule has 1 heterocycles. The highest BCUT2D eigenvalue weighted by atomic mass is 19.4. The van der Waals surface area contributed by atoms with Crippen LogP contribution in [0.15, 0.2) is 60.7 Å². The standard InChI is InChI=1S/C25H19F6N3O3/c26-24(27,28)18-7-1-14(2-8-18)11-22(35)33-20-12-17(13-21(32-20)34-23(36)16-3-4-16)15-5-9-19(10-6-15)37-25(29,30)31/h1-2,5-10,12-13,16H,3-4,11H2,(H2,32,33,34,35,36). The lowest BCUT2D eigenvalue weighted by atomic mass is 10.1. The molecule has 37 heavy (non-hydrogen) atoms. The molecule has 0 aliphatic heterocycles. The third-order valence-electron chi connectivity index (χ3n) is 5.36. The van der Waals surface area contributed by atoms with Gasteiger partial charge >= 0.3 is 12.5 Å². The van der Waals surface area contributed by atoms with E-state index in [1.165, 1.54) is 36.4 Å². The number of nitrogens with one attached hydrogen (secondary N) is 2. The lowest BCUT2D eigenvalue weighted by Crippen LogP contribution is -2.18. The zero-order valence-corrected chi connectivity index (χ0v) is 18.9. The van der Waals surface area contributed by atoms with E-state index in [1.54, 1.807) is 0 Å². The molecule has 0 spiro atoms. The molecule has 4 rings (SSSR count). The van der Waals surface area contributed by atoms with Gasteiger partial charge in [0, 0.05) is 5.92 Å². The maximum absolute atomic E-state index is 12.7. The molecule has 2 amide bonds. The van der Waals surface area contributed by atoms with E-state index in [4.69, 9.17) is 0 Å². The number of benzene rings is 2. The van der Waals surface area contributed by atoms with Crippen molar-refractivity contribution in [1.82, 2.24) is 4.98 Å². The average molecular weight is 523 g/mol. The number of carbonyl (C=O) groups excluding carboxylic acids is 2. The van der Waals surface area contributed by atoms with Crippen LogP contribution in [-0.2, 0) is 22.2 Å². The summed E-state index contributed by atoms with van der Waals surface area (Å²) in [4.78, 5) is 29.0. The van der Waals surface area contributed by atoms with Crippen molar-refractivity contribution < 1.29 is 40.7 Å². The van der Waals surface area contributed by atoms with Crippen molar-refractivity contribution >= 4 is 23.5 Å². The first kappa shape index (κ1) is 26.0. The van der Waals surface area contributed by atoms with Gasteiger partial charge in [0.1, 0.15) is 17.4 Å². The van der Waals surface area contributed by atoms with Gasteiger partial charge in [0.15, 0.2) is 0 Å². The van der Waals surface area contributed by atoms with Gasteiger partial charge in [-0.1, -0.05) is 24.3 Å². The highest BCUT2D eigenvalue weighted by Gasteiger charge is 2.32. The molecule has 1 fully saturated rings. The van der Waals surface area contributed by atoms with Gasteiger partial charge in [0.2, 0.25) is 11.8 Å². The molecule has 0 atom stereocenters. The number of halogens is 6. The number of pyridine rings is 1. The van der Waals surface area contributed by atoms with Gasteiger partial charge < -0.3 is 15.4 Å². The number of rotatable bonds is 7. The Kier molecular flexibility index (Phi) is 7.10. The fourth-order valence-electron chi connectivity index (χ4n) is 3.43. The lowest BCUT2D eigenvalue weighted by molar-refractivity contribution is -0.274. The number of carbonyl (C=O) groups is 2. The van der Waals surface area contributed by atoms with E-state index in [0.717, 1.165) is 37.1 Å².